The van der Waals surface area contributed by atoms with Gasteiger partial charge in [-0.15, -0.1) is 0 Å². The minimum Gasteiger partial charge on any atom is -0.355 e. The Bertz CT molecular complexity index is 716. The van der Waals surface area contributed by atoms with Crippen LogP contribution in [0.25, 0.3) is 0 Å². The zero-order chi connectivity index (χ0) is 17.4. The van der Waals surface area contributed by atoms with E-state index in [-0.39, 0.29) is 23.1 Å². The first-order valence-corrected chi connectivity index (χ1v) is 9.11. The number of H-pyrrole nitrogens is 1. The molecule has 1 heterocycles. The molecule has 1 atom stereocenters. The van der Waals surface area contributed by atoms with Crippen LogP contribution in [0.2, 0.25) is 0 Å². The van der Waals surface area contributed by atoms with Crippen molar-refractivity contribution >= 4 is 17.7 Å². The SMILES string of the molecule is CCCc1cc(=O)[nH]c(SCC(=O)NCC(C)c2ccccc2)n1. The maximum absolute atomic E-state index is 12.0. The van der Waals surface area contributed by atoms with Crippen LogP contribution in [0.4, 0.5) is 0 Å². The number of benzene rings is 1. The summed E-state index contributed by atoms with van der Waals surface area (Å²) in [6.45, 7) is 4.70. The van der Waals surface area contributed by atoms with Crippen molar-refractivity contribution in [1.82, 2.24) is 15.3 Å². The Balaban J connectivity index is 1.82. The van der Waals surface area contributed by atoms with Crippen LogP contribution in [0.15, 0.2) is 46.3 Å². The van der Waals surface area contributed by atoms with Crippen molar-refractivity contribution in [2.75, 3.05) is 12.3 Å². The van der Waals surface area contributed by atoms with Gasteiger partial charge in [0.05, 0.1) is 5.75 Å². The minimum atomic E-state index is -0.172. The number of aromatic amines is 1. The Labute approximate surface area is 146 Å². The summed E-state index contributed by atoms with van der Waals surface area (Å²) in [5, 5.41) is 3.42. The Morgan fingerprint density at radius 2 is 2.08 bits per heavy atom. The van der Waals surface area contributed by atoms with E-state index in [1.807, 2.05) is 25.1 Å². The van der Waals surface area contributed by atoms with E-state index in [2.05, 4.69) is 34.3 Å². The molecule has 1 amide bonds. The van der Waals surface area contributed by atoms with Gasteiger partial charge in [-0.05, 0) is 17.9 Å². The van der Waals surface area contributed by atoms with E-state index < -0.39 is 0 Å². The molecular weight excluding hydrogens is 322 g/mol. The zero-order valence-electron chi connectivity index (χ0n) is 14.0. The van der Waals surface area contributed by atoms with Crippen molar-refractivity contribution in [3.8, 4) is 0 Å². The van der Waals surface area contributed by atoms with Crippen LogP contribution in [0.3, 0.4) is 0 Å². The van der Waals surface area contributed by atoms with Gasteiger partial charge in [-0.2, -0.15) is 0 Å². The monoisotopic (exact) mass is 345 g/mol. The van der Waals surface area contributed by atoms with Crippen molar-refractivity contribution in [3.63, 3.8) is 0 Å². The molecule has 128 valence electrons. The summed E-state index contributed by atoms with van der Waals surface area (Å²) in [5.74, 6) is 0.428. The minimum absolute atomic E-state index is 0.0636. The molecule has 0 radical (unpaired) electrons. The molecule has 0 aliphatic carbocycles. The second-order valence-corrected chi connectivity index (χ2v) is 6.66. The molecule has 0 bridgehead atoms. The summed E-state index contributed by atoms with van der Waals surface area (Å²) in [4.78, 5) is 30.6. The fraction of sp³-hybridized carbons (Fsp3) is 0.389. The van der Waals surface area contributed by atoms with Crippen molar-refractivity contribution in [2.45, 2.75) is 37.8 Å². The van der Waals surface area contributed by atoms with Gasteiger partial charge in [-0.3, -0.25) is 9.59 Å². The summed E-state index contributed by atoms with van der Waals surface area (Å²) in [6.07, 6.45) is 1.69. The number of hydrogen-bond donors (Lipinski definition) is 2. The molecule has 2 aromatic rings. The summed E-state index contributed by atoms with van der Waals surface area (Å²) in [7, 11) is 0. The second-order valence-electron chi connectivity index (χ2n) is 5.70. The number of carbonyl (C=O) groups is 1. The fourth-order valence-electron chi connectivity index (χ4n) is 2.29. The third-order valence-corrected chi connectivity index (χ3v) is 4.47. The number of hydrogen-bond acceptors (Lipinski definition) is 4. The van der Waals surface area contributed by atoms with E-state index >= 15 is 0 Å². The molecule has 1 unspecified atom stereocenters. The highest BCUT2D eigenvalue weighted by Gasteiger charge is 2.09. The Hall–Kier alpha value is -2.08. The van der Waals surface area contributed by atoms with Gasteiger partial charge in [-0.25, -0.2) is 4.98 Å². The van der Waals surface area contributed by atoms with Crippen molar-refractivity contribution in [2.24, 2.45) is 0 Å². The van der Waals surface area contributed by atoms with E-state index in [0.717, 1.165) is 18.5 Å². The molecule has 0 spiro atoms. The molecule has 5 nitrogen and oxygen atoms in total. The van der Waals surface area contributed by atoms with Gasteiger partial charge >= 0.3 is 0 Å². The largest absolute Gasteiger partial charge is 0.355 e. The average molecular weight is 345 g/mol. The Morgan fingerprint density at radius 1 is 1.33 bits per heavy atom. The third kappa shape index (κ3) is 5.85. The summed E-state index contributed by atoms with van der Waals surface area (Å²) >= 11 is 1.25. The smallest absolute Gasteiger partial charge is 0.251 e. The maximum Gasteiger partial charge on any atom is 0.251 e. The van der Waals surface area contributed by atoms with Crippen LogP contribution < -0.4 is 10.9 Å². The molecule has 0 aliphatic heterocycles. The number of aryl methyl sites for hydroxylation is 1. The van der Waals surface area contributed by atoms with Crippen molar-refractivity contribution in [3.05, 3.63) is 58.0 Å². The highest BCUT2D eigenvalue weighted by atomic mass is 32.2. The molecular formula is C18H23N3O2S. The van der Waals surface area contributed by atoms with Gasteiger partial charge in [0.2, 0.25) is 5.91 Å². The van der Waals surface area contributed by atoms with Gasteiger partial charge in [-0.1, -0.05) is 62.4 Å². The number of nitrogens with zero attached hydrogens (tertiary/aromatic N) is 1. The highest BCUT2D eigenvalue weighted by molar-refractivity contribution is 7.99. The number of rotatable bonds is 8. The standard InChI is InChI=1S/C18H23N3O2S/c1-3-7-15-10-16(22)21-18(20-15)24-12-17(23)19-11-13(2)14-8-5-4-6-9-14/h4-6,8-10,13H,3,7,11-12H2,1-2H3,(H,19,23)(H,20,21,22). The van der Waals surface area contributed by atoms with Gasteiger partial charge in [0.1, 0.15) is 0 Å². The zero-order valence-corrected chi connectivity index (χ0v) is 14.9. The summed E-state index contributed by atoms with van der Waals surface area (Å²) < 4.78 is 0. The molecule has 0 saturated heterocycles. The lowest BCUT2D eigenvalue weighted by molar-refractivity contribution is -0.118. The van der Waals surface area contributed by atoms with Crippen LogP contribution in [0.5, 0.6) is 0 Å². The highest BCUT2D eigenvalue weighted by Crippen LogP contribution is 2.14. The van der Waals surface area contributed by atoms with E-state index in [4.69, 9.17) is 0 Å². The first-order chi connectivity index (χ1) is 11.6. The molecule has 6 heteroatoms. The van der Waals surface area contributed by atoms with Crippen molar-refractivity contribution < 1.29 is 4.79 Å². The number of nitrogens with one attached hydrogen (secondary N) is 2. The molecule has 0 saturated carbocycles. The second kappa shape index (κ2) is 9.27. The number of amides is 1. The molecule has 2 rings (SSSR count). The molecule has 24 heavy (non-hydrogen) atoms. The van der Waals surface area contributed by atoms with E-state index in [1.54, 1.807) is 0 Å². The van der Waals surface area contributed by atoms with E-state index in [0.29, 0.717) is 11.7 Å². The van der Waals surface area contributed by atoms with Gasteiger partial charge in [0.25, 0.3) is 5.56 Å². The van der Waals surface area contributed by atoms with Crippen LogP contribution in [-0.4, -0.2) is 28.2 Å². The summed E-state index contributed by atoms with van der Waals surface area (Å²) in [6, 6.07) is 11.6. The normalized spacial score (nSPS) is 11.9. The predicted molar refractivity (Wildman–Crippen MR) is 97.4 cm³/mol. The molecule has 1 aromatic carbocycles. The Kier molecular flexibility index (Phi) is 7.06. The third-order valence-electron chi connectivity index (χ3n) is 3.59. The first kappa shape index (κ1) is 18.3. The number of carbonyl (C=O) groups excluding carboxylic acids is 1. The van der Waals surface area contributed by atoms with Gasteiger partial charge in [0, 0.05) is 18.3 Å². The molecule has 2 N–H and O–H groups in total. The number of aromatic nitrogens is 2. The quantitative estimate of drug-likeness (QED) is 0.570. The van der Waals surface area contributed by atoms with Crippen LogP contribution in [0, 0.1) is 0 Å². The lowest BCUT2D eigenvalue weighted by Gasteiger charge is -2.12. The van der Waals surface area contributed by atoms with E-state index in [1.165, 1.54) is 23.4 Å². The lowest BCUT2D eigenvalue weighted by atomic mass is 10.0. The predicted octanol–water partition coefficient (Wildman–Crippen LogP) is 2.73. The first-order valence-electron chi connectivity index (χ1n) is 8.13. The Morgan fingerprint density at radius 3 is 2.79 bits per heavy atom. The van der Waals surface area contributed by atoms with Gasteiger partial charge in [0.15, 0.2) is 5.16 Å². The van der Waals surface area contributed by atoms with Crippen molar-refractivity contribution in [1.29, 1.82) is 0 Å². The number of thioether (sulfide) groups is 1. The molecule has 1 aromatic heterocycles. The van der Waals surface area contributed by atoms with E-state index in [9.17, 15) is 9.59 Å². The van der Waals surface area contributed by atoms with Crippen LogP contribution in [-0.2, 0) is 11.2 Å². The summed E-state index contributed by atoms with van der Waals surface area (Å²) in [5.41, 5.74) is 1.79. The fourth-order valence-corrected chi connectivity index (χ4v) is 3.01. The lowest BCUT2D eigenvalue weighted by Crippen LogP contribution is -2.29. The van der Waals surface area contributed by atoms with Gasteiger partial charge < -0.3 is 10.3 Å². The molecule has 0 aliphatic rings. The average Bonchev–Trinajstić information content (AvgIpc) is 2.58. The molecule has 0 fully saturated rings. The topological polar surface area (TPSA) is 74.8 Å². The van der Waals surface area contributed by atoms with Crippen LogP contribution >= 0.6 is 11.8 Å². The maximum atomic E-state index is 12.0. The van der Waals surface area contributed by atoms with Crippen LogP contribution in [0.1, 0.15) is 37.4 Å².